The van der Waals surface area contributed by atoms with Crippen molar-refractivity contribution < 1.29 is 9.47 Å². The standard InChI is InChI=1S/C20H37N3O2/c1-5-21-18(22-14-20(11-13-24-4)9-6-7-10-20)23-16-15-8-12-25-17(15)19(16,2)3/h15-17H,5-14H2,1-4H3,(H2,21,22,23). The van der Waals surface area contributed by atoms with Crippen molar-refractivity contribution in [2.75, 3.05) is 33.4 Å². The monoisotopic (exact) mass is 351 g/mol. The van der Waals surface area contributed by atoms with E-state index in [4.69, 9.17) is 14.5 Å². The minimum atomic E-state index is 0.179. The van der Waals surface area contributed by atoms with Crippen molar-refractivity contribution in [3.05, 3.63) is 0 Å². The summed E-state index contributed by atoms with van der Waals surface area (Å²) in [6, 6.07) is 0.455. The SMILES string of the molecule is CCNC(=NCC1(CCOC)CCCC1)NC1C2CCOC2C1(C)C. The van der Waals surface area contributed by atoms with E-state index in [1.165, 1.54) is 32.1 Å². The molecule has 3 rings (SSSR count). The van der Waals surface area contributed by atoms with Crippen LogP contribution in [-0.2, 0) is 9.47 Å². The fraction of sp³-hybridized carbons (Fsp3) is 0.950. The van der Waals surface area contributed by atoms with Gasteiger partial charge in [0.1, 0.15) is 0 Å². The third kappa shape index (κ3) is 3.82. The highest BCUT2D eigenvalue weighted by atomic mass is 16.5. The molecular weight excluding hydrogens is 314 g/mol. The largest absolute Gasteiger partial charge is 0.385 e. The first-order valence-corrected chi connectivity index (χ1v) is 10.2. The number of fused-ring (bicyclic) bond motifs is 1. The van der Waals surface area contributed by atoms with Crippen LogP contribution >= 0.6 is 0 Å². The molecule has 0 aromatic heterocycles. The van der Waals surface area contributed by atoms with Gasteiger partial charge >= 0.3 is 0 Å². The molecule has 0 amide bonds. The minimum Gasteiger partial charge on any atom is -0.385 e. The number of rotatable bonds is 7. The van der Waals surface area contributed by atoms with E-state index in [-0.39, 0.29) is 5.41 Å². The maximum absolute atomic E-state index is 5.93. The molecule has 5 nitrogen and oxygen atoms in total. The number of nitrogens with one attached hydrogen (secondary N) is 2. The van der Waals surface area contributed by atoms with Gasteiger partial charge in [0.15, 0.2) is 5.96 Å². The molecular formula is C20H37N3O2. The predicted molar refractivity (Wildman–Crippen MR) is 102 cm³/mol. The Kier molecular flexibility index (Phi) is 5.94. The zero-order valence-corrected chi connectivity index (χ0v) is 16.6. The van der Waals surface area contributed by atoms with Crippen molar-refractivity contribution in [2.45, 2.75) is 71.4 Å². The molecule has 1 saturated heterocycles. The Morgan fingerprint density at radius 3 is 2.72 bits per heavy atom. The lowest BCUT2D eigenvalue weighted by atomic mass is 9.57. The molecule has 0 spiro atoms. The van der Waals surface area contributed by atoms with Crippen molar-refractivity contribution in [2.24, 2.45) is 21.7 Å². The first kappa shape index (κ1) is 19.0. The van der Waals surface area contributed by atoms with Gasteiger partial charge in [-0.2, -0.15) is 0 Å². The Morgan fingerprint density at radius 1 is 1.28 bits per heavy atom. The summed E-state index contributed by atoms with van der Waals surface area (Å²) >= 11 is 0. The number of nitrogens with zero attached hydrogens (tertiary/aromatic N) is 1. The molecule has 2 N–H and O–H groups in total. The fourth-order valence-corrected chi connectivity index (χ4v) is 5.26. The van der Waals surface area contributed by atoms with Crippen molar-refractivity contribution in [3.63, 3.8) is 0 Å². The lowest BCUT2D eigenvalue weighted by Crippen LogP contribution is -2.68. The molecule has 3 atom stereocenters. The number of hydrogen-bond acceptors (Lipinski definition) is 3. The second-order valence-corrected chi connectivity index (χ2v) is 8.83. The highest BCUT2D eigenvalue weighted by Gasteiger charge is 2.59. The second kappa shape index (κ2) is 7.83. The molecule has 0 aromatic carbocycles. The zero-order valence-electron chi connectivity index (χ0n) is 16.6. The Hall–Kier alpha value is -0.810. The van der Waals surface area contributed by atoms with Crippen molar-refractivity contribution in [1.29, 1.82) is 0 Å². The number of aliphatic imine (C=N–C) groups is 1. The molecule has 0 radical (unpaired) electrons. The maximum atomic E-state index is 5.93. The second-order valence-electron chi connectivity index (χ2n) is 8.83. The lowest BCUT2D eigenvalue weighted by Gasteiger charge is -2.55. The van der Waals surface area contributed by atoms with Crippen LogP contribution in [0.4, 0.5) is 0 Å². The van der Waals surface area contributed by atoms with Crippen LogP contribution in [0.3, 0.4) is 0 Å². The molecule has 0 aromatic rings. The summed E-state index contributed by atoms with van der Waals surface area (Å²) in [6.45, 7) is 10.3. The van der Waals surface area contributed by atoms with E-state index in [9.17, 15) is 0 Å². The first-order chi connectivity index (χ1) is 12.0. The molecule has 3 aliphatic rings. The first-order valence-electron chi connectivity index (χ1n) is 10.2. The third-order valence-electron chi connectivity index (χ3n) is 6.81. The van der Waals surface area contributed by atoms with Gasteiger partial charge < -0.3 is 20.1 Å². The Bertz CT molecular complexity index is 472. The predicted octanol–water partition coefficient (Wildman–Crippen LogP) is 2.95. The zero-order chi connectivity index (χ0) is 17.9. The van der Waals surface area contributed by atoms with Crippen molar-refractivity contribution >= 4 is 5.96 Å². The van der Waals surface area contributed by atoms with Gasteiger partial charge in [-0.1, -0.05) is 26.7 Å². The van der Waals surface area contributed by atoms with Crippen LogP contribution in [0.1, 0.15) is 59.3 Å². The van der Waals surface area contributed by atoms with E-state index in [1.54, 1.807) is 7.11 Å². The van der Waals surface area contributed by atoms with Crippen molar-refractivity contribution in [1.82, 2.24) is 10.6 Å². The molecule has 5 heteroatoms. The molecule has 2 aliphatic carbocycles. The highest BCUT2D eigenvalue weighted by Crippen LogP contribution is 2.52. The van der Waals surface area contributed by atoms with Gasteiger partial charge in [-0.15, -0.1) is 0 Å². The van der Waals surface area contributed by atoms with Crippen LogP contribution in [0.15, 0.2) is 4.99 Å². The van der Waals surface area contributed by atoms with E-state index >= 15 is 0 Å². The number of guanidine groups is 1. The van der Waals surface area contributed by atoms with Crippen LogP contribution in [0.2, 0.25) is 0 Å². The Balaban J connectivity index is 1.65. The minimum absolute atomic E-state index is 0.179. The quantitative estimate of drug-likeness (QED) is 0.547. The average Bonchev–Trinajstić information content (AvgIpc) is 3.24. The summed E-state index contributed by atoms with van der Waals surface area (Å²) in [4.78, 5) is 5.02. The molecule has 25 heavy (non-hydrogen) atoms. The van der Waals surface area contributed by atoms with Gasteiger partial charge in [-0.25, -0.2) is 0 Å². The van der Waals surface area contributed by atoms with E-state index in [0.717, 1.165) is 38.7 Å². The van der Waals surface area contributed by atoms with Crippen LogP contribution in [0.25, 0.3) is 0 Å². The third-order valence-corrected chi connectivity index (χ3v) is 6.81. The van der Waals surface area contributed by atoms with Gasteiger partial charge in [-0.3, -0.25) is 4.99 Å². The van der Waals surface area contributed by atoms with Crippen LogP contribution < -0.4 is 10.6 Å². The smallest absolute Gasteiger partial charge is 0.191 e. The normalized spacial score (nSPS) is 33.0. The van der Waals surface area contributed by atoms with Crippen LogP contribution in [0.5, 0.6) is 0 Å². The van der Waals surface area contributed by atoms with E-state index in [2.05, 4.69) is 31.4 Å². The Labute approximate surface area is 153 Å². The average molecular weight is 352 g/mol. The van der Waals surface area contributed by atoms with Gasteiger partial charge in [0.25, 0.3) is 0 Å². The topological polar surface area (TPSA) is 54.9 Å². The summed E-state index contributed by atoms with van der Waals surface area (Å²) in [5.74, 6) is 1.61. The summed E-state index contributed by atoms with van der Waals surface area (Å²) in [5, 5.41) is 7.20. The van der Waals surface area contributed by atoms with E-state index in [1.807, 2.05) is 0 Å². The van der Waals surface area contributed by atoms with E-state index in [0.29, 0.717) is 23.5 Å². The molecule has 1 aliphatic heterocycles. The fourth-order valence-electron chi connectivity index (χ4n) is 5.26. The van der Waals surface area contributed by atoms with Gasteiger partial charge in [0, 0.05) is 50.8 Å². The Morgan fingerprint density at radius 2 is 2.04 bits per heavy atom. The molecule has 144 valence electrons. The van der Waals surface area contributed by atoms with Gasteiger partial charge in [0.2, 0.25) is 0 Å². The number of hydrogen-bond donors (Lipinski definition) is 2. The van der Waals surface area contributed by atoms with Gasteiger partial charge in [0.05, 0.1) is 6.10 Å². The molecule has 0 bridgehead atoms. The summed E-state index contributed by atoms with van der Waals surface area (Å²) in [7, 11) is 1.80. The summed E-state index contributed by atoms with van der Waals surface area (Å²) in [6.07, 6.45) is 7.94. The van der Waals surface area contributed by atoms with Crippen LogP contribution in [-0.4, -0.2) is 51.5 Å². The van der Waals surface area contributed by atoms with Gasteiger partial charge in [-0.05, 0) is 38.0 Å². The summed E-state index contributed by atoms with van der Waals surface area (Å²) < 4.78 is 11.3. The number of ether oxygens (including phenoxy) is 2. The number of methoxy groups -OCH3 is 1. The van der Waals surface area contributed by atoms with E-state index < -0.39 is 0 Å². The lowest BCUT2D eigenvalue weighted by molar-refractivity contribution is -0.106. The highest BCUT2D eigenvalue weighted by molar-refractivity contribution is 5.80. The van der Waals surface area contributed by atoms with Crippen molar-refractivity contribution in [3.8, 4) is 0 Å². The molecule has 2 saturated carbocycles. The maximum Gasteiger partial charge on any atom is 0.191 e. The molecule has 3 fully saturated rings. The molecule has 3 unspecified atom stereocenters. The van der Waals surface area contributed by atoms with Crippen LogP contribution in [0, 0.1) is 16.7 Å². The summed E-state index contributed by atoms with van der Waals surface area (Å²) in [5.41, 5.74) is 0.519. The molecule has 1 heterocycles.